The van der Waals surface area contributed by atoms with Crippen LogP contribution in [-0.4, -0.2) is 32.6 Å². The van der Waals surface area contributed by atoms with Gasteiger partial charge in [0.2, 0.25) is 0 Å². The van der Waals surface area contributed by atoms with E-state index in [2.05, 4.69) is 26.0 Å². The molecule has 0 unspecified atom stereocenters. The second kappa shape index (κ2) is 6.92. The molecule has 2 aromatic carbocycles. The van der Waals surface area contributed by atoms with Gasteiger partial charge in [-0.2, -0.15) is 5.10 Å². The highest BCUT2D eigenvalue weighted by Crippen LogP contribution is 2.18. The molecule has 3 aromatic rings. The molecule has 0 saturated heterocycles. The Morgan fingerprint density at radius 2 is 2.00 bits per heavy atom. The van der Waals surface area contributed by atoms with Crippen LogP contribution in [0.5, 0.6) is 0 Å². The Kier molecular flexibility index (Phi) is 4.71. The van der Waals surface area contributed by atoms with Crippen LogP contribution in [0.1, 0.15) is 15.9 Å². The minimum absolute atomic E-state index is 0.181. The van der Waals surface area contributed by atoms with Crippen molar-refractivity contribution >= 4 is 21.8 Å². The molecule has 122 valence electrons. The molecule has 0 N–H and O–H groups in total. The summed E-state index contributed by atoms with van der Waals surface area (Å²) in [7, 11) is 1.65. The predicted octanol–water partition coefficient (Wildman–Crippen LogP) is 3.44. The number of carbonyl (C=O) groups is 1. The van der Waals surface area contributed by atoms with Gasteiger partial charge in [-0.15, -0.1) is 0 Å². The third kappa shape index (κ3) is 3.51. The largest absolute Gasteiger partial charge is 0.337 e. The molecule has 0 saturated carbocycles. The minimum atomic E-state index is -0.334. The van der Waals surface area contributed by atoms with Crippen molar-refractivity contribution in [3.05, 3.63) is 76.5 Å². The minimum Gasteiger partial charge on any atom is -0.337 e. The number of carbonyl (C=O) groups excluding carboxylic acids is 1. The molecule has 0 bridgehead atoms. The van der Waals surface area contributed by atoms with Crippen molar-refractivity contribution in [2.24, 2.45) is 0 Å². The molecule has 7 heteroatoms. The normalized spacial score (nSPS) is 10.6. The molecule has 1 amide bonds. The number of hydrogen-bond donors (Lipinski definition) is 0. The van der Waals surface area contributed by atoms with Crippen LogP contribution in [0.25, 0.3) is 5.69 Å². The van der Waals surface area contributed by atoms with Gasteiger partial charge < -0.3 is 4.90 Å². The van der Waals surface area contributed by atoms with Crippen molar-refractivity contribution in [2.75, 3.05) is 7.05 Å². The molecule has 3 rings (SSSR count). The quantitative estimate of drug-likeness (QED) is 0.687. The van der Waals surface area contributed by atoms with Crippen LogP contribution in [0.15, 0.2) is 59.6 Å². The summed E-state index contributed by atoms with van der Waals surface area (Å²) in [5, 5.41) is 4.03. The summed E-state index contributed by atoms with van der Waals surface area (Å²) in [5.74, 6) is -0.515. The van der Waals surface area contributed by atoms with Gasteiger partial charge in [-0.05, 0) is 42.5 Å². The first-order valence-electron chi connectivity index (χ1n) is 7.19. The average molecular weight is 389 g/mol. The number of halogens is 2. The lowest BCUT2D eigenvalue weighted by atomic mass is 10.1. The lowest BCUT2D eigenvalue weighted by Crippen LogP contribution is -2.26. The van der Waals surface area contributed by atoms with Crippen LogP contribution in [-0.2, 0) is 6.54 Å². The lowest BCUT2D eigenvalue weighted by Gasteiger charge is -2.18. The van der Waals surface area contributed by atoms with Crippen LogP contribution in [0, 0.1) is 5.82 Å². The van der Waals surface area contributed by atoms with Gasteiger partial charge in [0.05, 0.1) is 5.69 Å². The lowest BCUT2D eigenvalue weighted by molar-refractivity contribution is 0.0784. The van der Waals surface area contributed by atoms with E-state index in [0.717, 1.165) is 10.2 Å². The van der Waals surface area contributed by atoms with Crippen LogP contribution in [0.2, 0.25) is 0 Å². The zero-order valence-electron chi connectivity index (χ0n) is 12.9. The Bertz CT molecular complexity index is 850. The third-order valence-corrected chi connectivity index (χ3v) is 4.05. The van der Waals surface area contributed by atoms with Crippen molar-refractivity contribution in [3.63, 3.8) is 0 Å². The van der Waals surface area contributed by atoms with E-state index in [1.165, 1.54) is 17.3 Å². The second-order valence-electron chi connectivity index (χ2n) is 5.28. The fourth-order valence-electron chi connectivity index (χ4n) is 2.31. The molecule has 5 nitrogen and oxygen atoms in total. The van der Waals surface area contributed by atoms with E-state index in [4.69, 9.17) is 0 Å². The number of rotatable bonds is 4. The first kappa shape index (κ1) is 16.3. The van der Waals surface area contributed by atoms with Crippen LogP contribution in [0.4, 0.5) is 4.39 Å². The Morgan fingerprint density at radius 1 is 1.25 bits per heavy atom. The van der Waals surface area contributed by atoms with Crippen LogP contribution >= 0.6 is 15.9 Å². The monoisotopic (exact) mass is 388 g/mol. The molecule has 0 fully saturated rings. The maximum atomic E-state index is 13.8. The summed E-state index contributed by atoms with van der Waals surface area (Å²) in [5.41, 5.74) is 1.79. The Balaban J connectivity index is 1.74. The van der Waals surface area contributed by atoms with Crippen LogP contribution in [0.3, 0.4) is 0 Å². The van der Waals surface area contributed by atoms with Crippen molar-refractivity contribution in [3.8, 4) is 5.69 Å². The molecule has 0 atom stereocenters. The smallest absolute Gasteiger partial charge is 0.253 e. The van der Waals surface area contributed by atoms with E-state index in [1.807, 2.05) is 0 Å². The highest BCUT2D eigenvalue weighted by Gasteiger charge is 2.14. The molecule has 0 aliphatic heterocycles. The van der Waals surface area contributed by atoms with E-state index in [-0.39, 0.29) is 18.3 Å². The SMILES string of the molecule is CN(Cc1cc(Br)ccc1F)C(=O)c1ccc(-n2cncn2)cc1. The van der Waals surface area contributed by atoms with Gasteiger partial charge >= 0.3 is 0 Å². The molecule has 0 radical (unpaired) electrons. The highest BCUT2D eigenvalue weighted by atomic mass is 79.9. The Hall–Kier alpha value is -2.54. The van der Waals surface area contributed by atoms with Crippen molar-refractivity contribution in [1.82, 2.24) is 19.7 Å². The van der Waals surface area contributed by atoms with Crippen molar-refractivity contribution in [2.45, 2.75) is 6.54 Å². The number of benzene rings is 2. The van der Waals surface area contributed by atoms with Gasteiger partial charge in [0, 0.05) is 29.2 Å². The molecular formula is C17H14BrFN4O. The number of aromatic nitrogens is 3. The maximum absolute atomic E-state index is 13.8. The van der Waals surface area contributed by atoms with Gasteiger partial charge in [0.15, 0.2) is 0 Å². The van der Waals surface area contributed by atoms with E-state index in [0.29, 0.717) is 11.1 Å². The number of amides is 1. The van der Waals surface area contributed by atoms with E-state index in [1.54, 1.807) is 54.5 Å². The van der Waals surface area contributed by atoms with Crippen molar-refractivity contribution < 1.29 is 9.18 Å². The topological polar surface area (TPSA) is 51.0 Å². The maximum Gasteiger partial charge on any atom is 0.253 e. The first-order chi connectivity index (χ1) is 11.5. The fourth-order valence-corrected chi connectivity index (χ4v) is 2.72. The standard InChI is InChI=1S/C17H14BrFN4O/c1-22(9-13-8-14(18)4-7-16(13)19)17(24)12-2-5-15(6-3-12)23-11-20-10-21-23/h2-8,10-11H,9H2,1H3. The number of hydrogen-bond acceptors (Lipinski definition) is 3. The van der Waals surface area contributed by atoms with Crippen LogP contribution < -0.4 is 0 Å². The summed E-state index contributed by atoms with van der Waals surface area (Å²) < 4.78 is 16.2. The zero-order valence-corrected chi connectivity index (χ0v) is 14.4. The molecule has 0 spiro atoms. The van der Waals surface area contributed by atoms with E-state index < -0.39 is 0 Å². The van der Waals surface area contributed by atoms with Crippen molar-refractivity contribution in [1.29, 1.82) is 0 Å². The number of nitrogens with zero attached hydrogens (tertiary/aromatic N) is 4. The van der Waals surface area contributed by atoms with Gasteiger partial charge in [0.25, 0.3) is 5.91 Å². The van der Waals surface area contributed by atoms with Gasteiger partial charge in [-0.25, -0.2) is 14.1 Å². The Labute approximate surface area is 146 Å². The summed E-state index contributed by atoms with van der Waals surface area (Å²) in [6.45, 7) is 0.189. The summed E-state index contributed by atoms with van der Waals surface area (Å²) >= 11 is 3.31. The van der Waals surface area contributed by atoms with Gasteiger partial charge in [-0.3, -0.25) is 4.79 Å². The predicted molar refractivity (Wildman–Crippen MR) is 91.3 cm³/mol. The first-order valence-corrected chi connectivity index (χ1v) is 7.98. The van der Waals surface area contributed by atoms with Gasteiger partial charge in [0.1, 0.15) is 18.5 Å². The summed E-state index contributed by atoms with van der Waals surface area (Å²) in [4.78, 5) is 17.9. The summed E-state index contributed by atoms with van der Waals surface area (Å²) in [6, 6.07) is 11.7. The average Bonchev–Trinajstić information content (AvgIpc) is 3.12. The fraction of sp³-hybridized carbons (Fsp3) is 0.118. The summed E-state index contributed by atoms with van der Waals surface area (Å²) in [6.07, 6.45) is 3.03. The van der Waals surface area contributed by atoms with Gasteiger partial charge in [-0.1, -0.05) is 15.9 Å². The molecule has 0 aliphatic rings. The zero-order chi connectivity index (χ0) is 17.1. The third-order valence-electron chi connectivity index (χ3n) is 3.56. The second-order valence-corrected chi connectivity index (χ2v) is 6.20. The molecular weight excluding hydrogens is 375 g/mol. The highest BCUT2D eigenvalue weighted by molar-refractivity contribution is 9.10. The van der Waals surface area contributed by atoms with E-state index >= 15 is 0 Å². The molecule has 1 aromatic heterocycles. The Morgan fingerprint density at radius 3 is 2.67 bits per heavy atom. The molecule has 24 heavy (non-hydrogen) atoms. The van der Waals surface area contributed by atoms with E-state index in [9.17, 15) is 9.18 Å². The molecule has 0 aliphatic carbocycles. The molecule has 1 heterocycles.